The standard InChI is InChI=1S/C18H25NO3SSi/c1-4-24(5-2,6-3)22-11-10-14-12-15-8-7-9-16-18(15)17(13-14)23(20,21)19-16/h7-9,12-13,19H,4-6,10-11H2,1-3H3. The Bertz CT molecular complexity index is 852. The molecule has 0 aromatic heterocycles. The monoisotopic (exact) mass is 363 g/mol. The zero-order valence-electron chi connectivity index (χ0n) is 14.6. The van der Waals surface area contributed by atoms with Gasteiger partial charge in [0.05, 0.1) is 10.6 Å². The molecule has 2 aromatic carbocycles. The summed E-state index contributed by atoms with van der Waals surface area (Å²) in [6, 6.07) is 12.9. The Morgan fingerprint density at radius 2 is 1.79 bits per heavy atom. The topological polar surface area (TPSA) is 55.4 Å². The summed E-state index contributed by atoms with van der Waals surface area (Å²) >= 11 is 0. The van der Waals surface area contributed by atoms with Gasteiger partial charge in [-0.15, -0.1) is 0 Å². The lowest BCUT2D eigenvalue weighted by Crippen LogP contribution is -2.36. The van der Waals surface area contributed by atoms with Crippen LogP contribution in [-0.2, 0) is 20.9 Å². The third-order valence-electron chi connectivity index (χ3n) is 5.27. The van der Waals surface area contributed by atoms with E-state index in [2.05, 4.69) is 31.6 Å². The van der Waals surface area contributed by atoms with Crippen LogP contribution in [0.2, 0.25) is 18.1 Å². The minimum Gasteiger partial charge on any atom is -0.416 e. The Morgan fingerprint density at radius 1 is 1.08 bits per heavy atom. The van der Waals surface area contributed by atoms with Gasteiger partial charge in [0.25, 0.3) is 10.0 Å². The van der Waals surface area contributed by atoms with Gasteiger partial charge < -0.3 is 4.43 Å². The minimum atomic E-state index is -3.43. The van der Waals surface area contributed by atoms with Gasteiger partial charge in [-0.25, -0.2) is 8.42 Å². The van der Waals surface area contributed by atoms with Gasteiger partial charge in [-0.2, -0.15) is 0 Å². The number of anilines is 1. The average Bonchev–Trinajstić information content (AvgIpc) is 2.84. The molecule has 1 aliphatic rings. The van der Waals surface area contributed by atoms with Crippen molar-refractivity contribution in [2.75, 3.05) is 11.3 Å². The van der Waals surface area contributed by atoms with Crippen LogP contribution in [0, 0.1) is 0 Å². The molecule has 2 aromatic rings. The van der Waals surface area contributed by atoms with Crippen molar-refractivity contribution in [2.45, 2.75) is 50.2 Å². The van der Waals surface area contributed by atoms with E-state index in [1.165, 1.54) is 0 Å². The van der Waals surface area contributed by atoms with Crippen molar-refractivity contribution >= 4 is 34.8 Å². The Hall–Kier alpha value is -1.37. The molecular weight excluding hydrogens is 338 g/mol. The highest BCUT2D eigenvalue weighted by Gasteiger charge is 2.29. The highest BCUT2D eigenvalue weighted by molar-refractivity contribution is 7.93. The Balaban J connectivity index is 1.86. The summed E-state index contributed by atoms with van der Waals surface area (Å²) in [7, 11) is -5.03. The number of rotatable bonds is 7. The van der Waals surface area contributed by atoms with Gasteiger partial charge in [0.1, 0.15) is 0 Å². The van der Waals surface area contributed by atoms with Crippen LogP contribution in [0.1, 0.15) is 26.3 Å². The van der Waals surface area contributed by atoms with Gasteiger partial charge in [-0.3, -0.25) is 4.72 Å². The van der Waals surface area contributed by atoms with Gasteiger partial charge in [-0.05, 0) is 47.6 Å². The van der Waals surface area contributed by atoms with E-state index in [-0.39, 0.29) is 0 Å². The SMILES string of the molecule is CC[Si](CC)(CC)OCCc1cc2c3c(cccc3c1)NS2(=O)=O. The molecule has 4 nitrogen and oxygen atoms in total. The van der Waals surface area contributed by atoms with Crippen molar-refractivity contribution in [3.05, 3.63) is 35.9 Å². The second-order valence-electron chi connectivity index (χ2n) is 6.45. The second-order valence-corrected chi connectivity index (χ2v) is 12.9. The van der Waals surface area contributed by atoms with Crippen LogP contribution in [0.5, 0.6) is 0 Å². The summed E-state index contributed by atoms with van der Waals surface area (Å²) < 4.78 is 33.6. The summed E-state index contributed by atoms with van der Waals surface area (Å²) in [5.41, 5.74) is 1.70. The van der Waals surface area contributed by atoms with Gasteiger partial charge in [-0.1, -0.05) is 39.0 Å². The predicted octanol–water partition coefficient (Wildman–Crippen LogP) is 4.52. The molecule has 0 saturated heterocycles. The predicted molar refractivity (Wildman–Crippen MR) is 102 cm³/mol. The van der Waals surface area contributed by atoms with Gasteiger partial charge in [0.2, 0.25) is 0 Å². The van der Waals surface area contributed by atoms with Crippen LogP contribution in [0.3, 0.4) is 0 Å². The van der Waals surface area contributed by atoms with Crippen molar-refractivity contribution in [1.82, 2.24) is 0 Å². The van der Waals surface area contributed by atoms with Crippen molar-refractivity contribution in [3.8, 4) is 0 Å². The van der Waals surface area contributed by atoms with E-state index in [1.54, 1.807) is 6.07 Å². The third-order valence-corrected chi connectivity index (χ3v) is 11.3. The molecule has 130 valence electrons. The number of hydrogen-bond donors (Lipinski definition) is 1. The zero-order chi connectivity index (χ0) is 17.4. The van der Waals surface area contributed by atoms with E-state index in [0.717, 1.165) is 40.9 Å². The van der Waals surface area contributed by atoms with E-state index in [4.69, 9.17) is 4.43 Å². The molecule has 1 N–H and O–H groups in total. The van der Waals surface area contributed by atoms with Crippen molar-refractivity contribution < 1.29 is 12.8 Å². The van der Waals surface area contributed by atoms with E-state index in [0.29, 0.717) is 17.2 Å². The van der Waals surface area contributed by atoms with E-state index in [1.807, 2.05) is 18.2 Å². The molecule has 1 aliphatic heterocycles. The van der Waals surface area contributed by atoms with E-state index >= 15 is 0 Å². The van der Waals surface area contributed by atoms with Gasteiger partial charge in [0.15, 0.2) is 8.32 Å². The molecule has 0 aliphatic carbocycles. The average molecular weight is 364 g/mol. The molecule has 0 atom stereocenters. The van der Waals surface area contributed by atoms with Crippen molar-refractivity contribution in [2.24, 2.45) is 0 Å². The summed E-state index contributed by atoms with van der Waals surface area (Å²) in [5, 5.41) is 1.78. The first-order valence-electron chi connectivity index (χ1n) is 8.67. The Labute approximate surface area is 145 Å². The van der Waals surface area contributed by atoms with Crippen molar-refractivity contribution in [3.63, 3.8) is 0 Å². The lowest BCUT2D eigenvalue weighted by Gasteiger charge is -2.28. The summed E-state index contributed by atoms with van der Waals surface area (Å²) in [6.45, 7) is 7.32. The molecule has 1 heterocycles. The molecule has 0 saturated carbocycles. The third kappa shape index (κ3) is 2.98. The van der Waals surface area contributed by atoms with E-state index in [9.17, 15) is 8.42 Å². The van der Waals surface area contributed by atoms with Crippen LogP contribution >= 0.6 is 0 Å². The maximum Gasteiger partial charge on any atom is 0.262 e. The highest BCUT2D eigenvalue weighted by atomic mass is 32.2. The van der Waals surface area contributed by atoms with Gasteiger partial charge in [0, 0.05) is 12.0 Å². The fraction of sp³-hybridized carbons (Fsp3) is 0.444. The highest BCUT2D eigenvalue weighted by Crippen LogP contribution is 2.38. The Morgan fingerprint density at radius 3 is 2.46 bits per heavy atom. The van der Waals surface area contributed by atoms with Crippen LogP contribution in [0.25, 0.3) is 10.8 Å². The maximum absolute atomic E-state index is 12.3. The molecule has 6 heteroatoms. The molecule has 0 amide bonds. The summed E-state index contributed by atoms with van der Waals surface area (Å²) in [6.07, 6.45) is 0.747. The maximum atomic E-state index is 12.3. The van der Waals surface area contributed by atoms with Crippen LogP contribution < -0.4 is 4.72 Å². The minimum absolute atomic E-state index is 0.399. The Kier molecular flexibility index (Phi) is 4.73. The molecule has 3 rings (SSSR count). The number of benzene rings is 2. The first-order valence-corrected chi connectivity index (χ1v) is 12.7. The summed E-state index contributed by atoms with van der Waals surface area (Å²) in [5.74, 6) is 0. The fourth-order valence-corrected chi connectivity index (χ4v) is 7.55. The summed E-state index contributed by atoms with van der Waals surface area (Å²) in [4.78, 5) is 0.399. The quantitative estimate of drug-likeness (QED) is 0.736. The smallest absolute Gasteiger partial charge is 0.262 e. The second kappa shape index (κ2) is 6.50. The van der Waals surface area contributed by atoms with Crippen LogP contribution in [0.4, 0.5) is 5.69 Å². The van der Waals surface area contributed by atoms with Crippen LogP contribution in [0.15, 0.2) is 35.2 Å². The van der Waals surface area contributed by atoms with E-state index < -0.39 is 18.3 Å². The molecule has 0 fully saturated rings. The zero-order valence-corrected chi connectivity index (χ0v) is 16.4. The van der Waals surface area contributed by atoms with Crippen molar-refractivity contribution in [1.29, 1.82) is 0 Å². The number of hydrogen-bond acceptors (Lipinski definition) is 3. The molecule has 0 radical (unpaired) electrons. The molecule has 0 unspecified atom stereocenters. The lowest BCUT2D eigenvalue weighted by molar-refractivity contribution is 0.303. The first-order chi connectivity index (χ1) is 11.4. The first kappa shape index (κ1) is 17.4. The number of sulfonamides is 1. The van der Waals surface area contributed by atoms with Gasteiger partial charge >= 0.3 is 0 Å². The normalized spacial score (nSPS) is 15.6. The lowest BCUT2D eigenvalue weighted by atomic mass is 10.0. The number of nitrogens with one attached hydrogen (secondary N) is 1. The fourth-order valence-electron chi connectivity index (χ4n) is 3.53. The molecule has 24 heavy (non-hydrogen) atoms. The molecule has 0 spiro atoms. The molecular formula is C18H25NO3SSi. The largest absolute Gasteiger partial charge is 0.416 e. The molecule has 0 bridgehead atoms. The van der Waals surface area contributed by atoms with Crippen LogP contribution in [-0.4, -0.2) is 23.3 Å².